The SMILES string of the molecule is C[N+](C)(C)C.C[P+](C)(C)C.Cc1[o+]c(C)c(C)c(C)c1C.Cc1c(C)c(C)[n+](C)c(C)c1C.Cc1c(C)c(C)[n+](C[n+]2c(C)c(C)c(C)c(C)c2C)c(C)c1C.Cc1c(C)c(C)c([I+]c2c(C)c(C)c(C)c(C)c2C)c(C)c1C.Cc1c(C)c(C)c([S+](c2c(C)c(C)c(C)c(C)c2C)c2c(C)c(C)c(C)c(C)c2C)c(C)c1C. The van der Waals surface area contributed by atoms with E-state index in [-0.39, 0.29) is 39.4 Å². The number of hydrogen-bond acceptors (Lipinski definition) is 0. The molecule has 0 spiro atoms. The maximum atomic E-state index is 5.52. The molecular weight excluding hydrogens is 1520 g/mol. The predicted molar refractivity (Wildman–Crippen MR) is 499 cm³/mol. The molecule has 0 aliphatic heterocycles. The lowest BCUT2D eigenvalue weighted by molar-refractivity contribution is -0.922. The van der Waals surface area contributed by atoms with E-state index in [4.69, 9.17) is 4.42 Å². The van der Waals surface area contributed by atoms with Gasteiger partial charge in [0.15, 0.2) is 48.9 Å². The van der Waals surface area contributed by atoms with Gasteiger partial charge in [0.25, 0.3) is 0 Å². The molecular formula is C105H164IN4OPS+8. The van der Waals surface area contributed by atoms with E-state index in [1.165, 1.54) is 240 Å². The lowest BCUT2D eigenvalue weighted by Gasteiger charge is -2.25. The lowest BCUT2D eigenvalue weighted by Crippen LogP contribution is -3.62. The normalized spacial score (nSPS) is 11.2. The zero-order valence-electron chi connectivity index (χ0n) is 83.1. The van der Waals surface area contributed by atoms with Crippen molar-refractivity contribution < 1.29 is 43.8 Å². The number of hydrogen-bond donors (Lipinski definition) is 0. The first-order chi connectivity index (χ1) is 51.3. The van der Waals surface area contributed by atoms with E-state index in [1.54, 1.807) is 21.8 Å². The number of aryl methyl sites for hydroxylation is 2. The van der Waals surface area contributed by atoms with Crippen molar-refractivity contribution in [3.8, 4) is 0 Å². The van der Waals surface area contributed by atoms with E-state index in [9.17, 15) is 0 Å². The summed E-state index contributed by atoms with van der Waals surface area (Å²) in [6.45, 7) is 112. The molecule has 0 bridgehead atoms. The molecule has 113 heavy (non-hydrogen) atoms. The van der Waals surface area contributed by atoms with Crippen molar-refractivity contribution >= 4 is 18.2 Å². The van der Waals surface area contributed by atoms with Gasteiger partial charge in [0, 0.05) is 164 Å². The Bertz CT molecular complexity index is 4320. The third-order valence-corrected chi connectivity index (χ3v) is 34.8. The summed E-state index contributed by atoms with van der Waals surface area (Å²) in [5.74, 6) is 2.07. The summed E-state index contributed by atoms with van der Waals surface area (Å²) < 4.78 is 17.0. The molecule has 9 rings (SSSR count). The van der Waals surface area contributed by atoms with Crippen LogP contribution in [0.2, 0.25) is 0 Å². The number of pyridine rings is 3. The maximum absolute atomic E-state index is 5.52. The molecule has 0 aliphatic rings. The van der Waals surface area contributed by atoms with E-state index in [2.05, 4.69) is 373 Å². The fraction of sp³-hybridized carbons (Fsp3) is 0.524. The van der Waals surface area contributed by atoms with Crippen LogP contribution in [0.1, 0.15) is 252 Å². The highest BCUT2D eigenvalue weighted by atomic mass is 127. The Labute approximate surface area is 710 Å². The first-order valence-electron chi connectivity index (χ1n) is 41.4. The number of rotatable bonds is 7. The van der Waals surface area contributed by atoms with Crippen LogP contribution in [0.25, 0.3) is 0 Å². The van der Waals surface area contributed by atoms with Crippen LogP contribution in [-0.2, 0) is 24.6 Å². The first-order valence-corrected chi connectivity index (χ1v) is 48.4. The number of aromatic nitrogens is 3. The fourth-order valence-electron chi connectivity index (χ4n) is 15.2. The number of nitrogens with zero attached hydrogens (tertiary/aromatic N) is 4. The summed E-state index contributed by atoms with van der Waals surface area (Å²) in [4.78, 5) is 4.63. The molecule has 0 aliphatic carbocycles. The van der Waals surface area contributed by atoms with Crippen molar-refractivity contribution in [1.29, 1.82) is 0 Å². The van der Waals surface area contributed by atoms with Gasteiger partial charge in [0.05, 0.1) is 53.2 Å². The Hall–Kier alpha value is -5.83. The molecule has 4 heterocycles. The van der Waals surface area contributed by atoms with E-state index in [0.29, 0.717) is 0 Å². The Balaban J connectivity index is 0.000000371. The van der Waals surface area contributed by atoms with Gasteiger partial charge in [-0.15, -0.1) is 9.13 Å². The Morgan fingerprint density at radius 1 is 0.230 bits per heavy atom. The molecule has 620 valence electrons. The second-order valence-corrected chi connectivity index (χ2v) is 46.7. The average molecular weight is 1690 g/mol. The van der Waals surface area contributed by atoms with Crippen LogP contribution in [-0.4, -0.2) is 59.3 Å². The van der Waals surface area contributed by atoms with Gasteiger partial charge in [0.1, 0.15) is 17.9 Å². The standard InChI is InChI=1S/C33H45S.C22H30I.C21H32N2.C11H18N.C10H15O.C4H12N.C4H12P/c1-16-19(4)25(10)31(26(11)20(16)5)34(32-27(12)21(6)17(2)22(7)28(32)13)33-29(14)23(8)18(3)24(9)30(33)15;1-11-13(3)17(7)21(18(8)14(11)4)23-22-19(9)15(5)12(2)16(6)20(22)10;1-12-14(3)18(7)22(19(8)15(12)4)11-23-20(9)16(5)13(2)17(6)21(23)10;1-7-8(2)10(4)12(6)11(5)9(7)3;1-6-7(2)9(4)11-10(5)8(6)3;2*1-5(2,3)4/h1-15H3;1-10H3;11H2,1-10H3;1-6H3;1-5H3;2*1-4H3/q2*+1;+2;4*+1. The average Bonchev–Trinajstić information content (AvgIpc) is 0.727. The van der Waals surface area contributed by atoms with Gasteiger partial charge >= 0.3 is 39.4 Å². The minimum atomic E-state index is -0.389. The highest BCUT2D eigenvalue weighted by Crippen LogP contribution is 2.47. The number of quaternary nitrogens is 1. The van der Waals surface area contributed by atoms with Gasteiger partial charge in [-0.3, -0.25) is 0 Å². The lowest BCUT2D eigenvalue weighted by atomic mass is 9.94. The molecule has 4 aromatic heterocycles. The van der Waals surface area contributed by atoms with Gasteiger partial charge in [-0.25, -0.2) is 8.98 Å². The smallest absolute Gasteiger partial charge is 0.333 e. The Kier molecular flexibility index (Phi) is 36.0. The zero-order chi connectivity index (χ0) is 88.3. The molecule has 0 amide bonds. The molecule has 0 N–H and O–H groups in total. The topological polar surface area (TPSA) is 22.9 Å². The van der Waals surface area contributed by atoms with E-state index >= 15 is 0 Å². The van der Waals surface area contributed by atoms with Gasteiger partial charge in [-0.1, -0.05) is 0 Å². The van der Waals surface area contributed by atoms with Crippen LogP contribution in [0.3, 0.4) is 0 Å². The van der Waals surface area contributed by atoms with Crippen LogP contribution in [0.15, 0.2) is 19.1 Å². The molecule has 0 fully saturated rings. The van der Waals surface area contributed by atoms with Crippen molar-refractivity contribution in [1.82, 2.24) is 0 Å². The molecule has 9 aromatic rings. The second-order valence-electron chi connectivity index (χ2n) is 36.8. The molecule has 0 unspecified atom stereocenters. The van der Waals surface area contributed by atoms with Crippen molar-refractivity contribution in [3.05, 3.63) is 259 Å². The Morgan fingerprint density at radius 2 is 0.372 bits per heavy atom. The summed E-state index contributed by atoms with van der Waals surface area (Å²) in [6.07, 6.45) is 0. The summed E-state index contributed by atoms with van der Waals surface area (Å²) in [5.41, 5.74) is 61.6. The maximum Gasteiger partial charge on any atom is 0.359 e. The molecule has 8 heteroatoms. The van der Waals surface area contributed by atoms with E-state index < -0.39 is 0 Å². The van der Waals surface area contributed by atoms with E-state index in [1.807, 2.05) is 13.8 Å². The quantitative estimate of drug-likeness (QED) is 0.0513. The van der Waals surface area contributed by atoms with Gasteiger partial charge in [0.2, 0.25) is 7.14 Å². The number of halogens is 1. The highest BCUT2D eigenvalue weighted by Gasteiger charge is 2.42. The minimum absolute atomic E-state index is 0.151. The van der Waals surface area contributed by atoms with Crippen LogP contribution >= 0.6 is 7.26 Å². The van der Waals surface area contributed by atoms with Crippen molar-refractivity contribution in [2.45, 2.75) is 333 Å². The molecule has 5 aromatic carbocycles. The zero-order valence-corrected chi connectivity index (χ0v) is 87.0. The van der Waals surface area contributed by atoms with E-state index in [0.717, 1.165) is 22.7 Å². The molecule has 0 atom stereocenters. The van der Waals surface area contributed by atoms with Gasteiger partial charge < -0.3 is 4.48 Å². The van der Waals surface area contributed by atoms with Crippen LogP contribution < -0.4 is 34.9 Å². The number of benzene rings is 5. The van der Waals surface area contributed by atoms with Crippen molar-refractivity contribution in [2.24, 2.45) is 7.05 Å². The molecule has 0 saturated carbocycles. The third kappa shape index (κ3) is 22.5. The van der Waals surface area contributed by atoms with Crippen LogP contribution in [0, 0.1) is 319 Å². The van der Waals surface area contributed by atoms with Gasteiger partial charge in [-0.05, 0) is 362 Å². The minimum Gasteiger partial charge on any atom is -0.333 e. The fourth-order valence-corrected chi connectivity index (χ4v) is 22.3. The summed E-state index contributed by atoms with van der Waals surface area (Å²) in [7, 11) is 10.1. The monoisotopic (exact) mass is 1690 g/mol. The van der Waals surface area contributed by atoms with Crippen LogP contribution in [0.4, 0.5) is 0 Å². The largest absolute Gasteiger partial charge is 0.359 e. The van der Waals surface area contributed by atoms with Crippen molar-refractivity contribution in [3.63, 3.8) is 0 Å². The second kappa shape index (κ2) is 40.1. The van der Waals surface area contributed by atoms with Crippen LogP contribution in [0.5, 0.6) is 0 Å². The molecule has 0 radical (unpaired) electrons. The molecule has 5 nitrogen and oxygen atoms in total. The first kappa shape index (κ1) is 101. The van der Waals surface area contributed by atoms with Gasteiger partial charge in [-0.2, -0.15) is 0 Å². The highest BCUT2D eigenvalue weighted by molar-refractivity contribution is 7.97. The predicted octanol–water partition coefficient (Wildman–Crippen LogP) is 23.2. The Morgan fingerprint density at radius 3 is 0.558 bits per heavy atom. The summed E-state index contributed by atoms with van der Waals surface area (Å²) in [5, 5.41) is 0. The third-order valence-electron chi connectivity index (χ3n) is 27.4. The summed E-state index contributed by atoms with van der Waals surface area (Å²) >= 11 is -0.151. The van der Waals surface area contributed by atoms with Crippen molar-refractivity contribution in [2.75, 3.05) is 54.8 Å². The summed E-state index contributed by atoms with van der Waals surface area (Å²) in [6, 6.07) is 0. The molecule has 0 saturated heterocycles.